The van der Waals surface area contributed by atoms with Gasteiger partial charge in [0, 0.05) is 15.2 Å². The lowest BCUT2D eigenvalue weighted by Gasteiger charge is -2.12. The van der Waals surface area contributed by atoms with Crippen LogP contribution in [0.15, 0.2) is 68.3 Å². The quantitative estimate of drug-likeness (QED) is 0.254. The molecule has 2 aromatic carbocycles. The van der Waals surface area contributed by atoms with Crippen molar-refractivity contribution in [2.75, 3.05) is 0 Å². The molecule has 8 heteroatoms. The highest BCUT2D eigenvalue weighted by Crippen LogP contribution is 2.29. The van der Waals surface area contributed by atoms with E-state index in [4.69, 9.17) is 11.6 Å². The number of thioether (sulfide) groups is 1. The zero-order valence-electron chi connectivity index (χ0n) is 13.7. The first kappa shape index (κ1) is 18.7. The molecule has 3 nitrogen and oxygen atoms in total. The lowest BCUT2D eigenvalue weighted by molar-refractivity contribution is 0.627. The molecule has 0 aliphatic carbocycles. The van der Waals surface area contributed by atoms with Crippen molar-refractivity contribution in [3.05, 3.63) is 85.1 Å². The van der Waals surface area contributed by atoms with Gasteiger partial charge in [0.05, 0.1) is 11.2 Å². The minimum atomic E-state index is -0.377. The lowest BCUT2D eigenvalue weighted by atomic mass is 10.2. The number of nitrogens with zero attached hydrogens (tertiary/aromatic N) is 2. The van der Waals surface area contributed by atoms with Crippen LogP contribution in [0.5, 0.6) is 0 Å². The zero-order valence-corrected chi connectivity index (χ0v) is 17.6. The second-order valence-electron chi connectivity index (χ2n) is 5.67. The highest BCUT2D eigenvalue weighted by Gasteiger charge is 2.15. The summed E-state index contributed by atoms with van der Waals surface area (Å²) in [5, 5.41) is 2.78. The van der Waals surface area contributed by atoms with Crippen LogP contribution in [0.2, 0.25) is 5.02 Å². The van der Waals surface area contributed by atoms with Crippen LogP contribution in [0.3, 0.4) is 0 Å². The van der Waals surface area contributed by atoms with Gasteiger partial charge in [0.2, 0.25) is 0 Å². The maximum atomic E-state index is 13.3. The topological polar surface area (TPSA) is 34.9 Å². The fraction of sp³-hybridized carbons (Fsp3) is 0.0526. The summed E-state index contributed by atoms with van der Waals surface area (Å²) in [6.45, 7) is 0. The van der Waals surface area contributed by atoms with Crippen LogP contribution >= 0.6 is 50.6 Å². The van der Waals surface area contributed by atoms with E-state index in [-0.39, 0.29) is 11.4 Å². The normalized spacial score (nSPS) is 11.2. The van der Waals surface area contributed by atoms with Gasteiger partial charge in [-0.2, -0.15) is 0 Å². The highest BCUT2D eigenvalue weighted by atomic mass is 79.9. The van der Waals surface area contributed by atoms with Gasteiger partial charge < -0.3 is 0 Å². The van der Waals surface area contributed by atoms with Crippen LogP contribution in [-0.2, 0) is 5.75 Å². The molecule has 2 heterocycles. The number of hydrogen-bond acceptors (Lipinski definition) is 4. The van der Waals surface area contributed by atoms with E-state index in [9.17, 15) is 9.18 Å². The van der Waals surface area contributed by atoms with Crippen molar-refractivity contribution >= 4 is 60.8 Å². The molecule has 0 amide bonds. The minimum absolute atomic E-state index is 0.106. The molecule has 0 radical (unpaired) electrons. The number of hydrogen-bond donors (Lipinski definition) is 0. The van der Waals surface area contributed by atoms with Gasteiger partial charge >= 0.3 is 0 Å². The lowest BCUT2D eigenvalue weighted by Crippen LogP contribution is -2.20. The third-order valence-electron chi connectivity index (χ3n) is 3.91. The minimum Gasteiger partial charge on any atom is -0.267 e. The van der Waals surface area contributed by atoms with Crippen molar-refractivity contribution in [2.24, 2.45) is 0 Å². The molecule has 0 unspecified atom stereocenters. The first-order valence-electron chi connectivity index (χ1n) is 7.86. The molecule has 0 aliphatic rings. The molecule has 4 rings (SSSR count). The summed E-state index contributed by atoms with van der Waals surface area (Å²) in [5.41, 5.74) is 2.08. The number of thiophene rings is 1. The number of benzene rings is 2. The molecule has 0 bridgehead atoms. The molecular formula is C19H11BrClFN2OS2. The van der Waals surface area contributed by atoms with E-state index < -0.39 is 0 Å². The third kappa shape index (κ3) is 3.82. The number of halogens is 3. The van der Waals surface area contributed by atoms with Gasteiger partial charge in [-0.15, -0.1) is 11.3 Å². The van der Waals surface area contributed by atoms with Gasteiger partial charge in [0.15, 0.2) is 5.16 Å². The average molecular weight is 482 g/mol. The Morgan fingerprint density at radius 3 is 2.70 bits per heavy atom. The summed E-state index contributed by atoms with van der Waals surface area (Å²) in [7, 11) is 0. The molecule has 2 aromatic heterocycles. The summed E-state index contributed by atoms with van der Waals surface area (Å²) in [6, 6.07) is 13.6. The Hall–Kier alpha value is -1.67. The molecule has 27 heavy (non-hydrogen) atoms. The second kappa shape index (κ2) is 7.75. The van der Waals surface area contributed by atoms with Crippen LogP contribution in [-0.4, -0.2) is 9.55 Å². The standard InChI is InChI=1S/C19H11BrClFN2OS2/c20-12-2-5-14(6-3-12)24-18(25)17-16(7-8-26-17)23-19(24)27-10-11-1-4-13(22)9-15(11)21/h1-9H,10H2. The Morgan fingerprint density at radius 2 is 1.96 bits per heavy atom. The van der Waals surface area contributed by atoms with E-state index in [1.54, 1.807) is 10.6 Å². The fourth-order valence-electron chi connectivity index (χ4n) is 2.59. The van der Waals surface area contributed by atoms with Gasteiger partial charge in [-0.1, -0.05) is 45.4 Å². The van der Waals surface area contributed by atoms with Crippen molar-refractivity contribution in [3.63, 3.8) is 0 Å². The van der Waals surface area contributed by atoms with Gasteiger partial charge in [-0.05, 0) is 53.4 Å². The highest BCUT2D eigenvalue weighted by molar-refractivity contribution is 9.10. The zero-order chi connectivity index (χ0) is 19.0. The number of fused-ring (bicyclic) bond motifs is 1. The molecule has 0 saturated heterocycles. The Labute approximate surface area is 176 Å². The van der Waals surface area contributed by atoms with Crippen molar-refractivity contribution in [3.8, 4) is 5.69 Å². The summed E-state index contributed by atoms with van der Waals surface area (Å²) < 4.78 is 16.4. The van der Waals surface area contributed by atoms with E-state index in [2.05, 4.69) is 20.9 Å². The largest absolute Gasteiger partial charge is 0.276 e. The molecule has 0 aliphatic heterocycles. The SMILES string of the molecule is O=c1c2sccc2nc(SCc2ccc(F)cc2Cl)n1-c1ccc(Br)cc1. The fourth-order valence-corrected chi connectivity index (χ4v) is 4.94. The maximum Gasteiger partial charge on any atom is 0.276 e. The third-order valence-corrected chi connectivity index (χ3v) is 6.67. The van der Waals surface area contributed by atoms with Crippen molar-refractivity contribution < 1.29 is 4.39 Å². The van der Waals surface area contributed by atoms with E-state index in [0.29, 0.717) is 26.1 Å². The van der Waals surface area contributed by atoms with Crippen molar-refractivity contribution in [1.29, 1.82) is 0 Å². The molecule has 0 saturated carbocycles. The second-order valence-corrected chi connectivity index (χ2v) is 8.85. The van der Waals surface area contributed by atoms with E-state index in [0.717, 1.165) is 15.7 Å². The predicted molar refractivity (Wildman–Crippen MR) is 114 cm³/mol. The Balaban J connectivity index is 1.79. The summed E-state index contributed by atoms with van der Waals surface area (Å²) in [5.74, 6) is 0.0934. The molecule has 4 aromatic rings. The molecular weight excluding hydrogens is 471 g/mol. The summed E-state index contributed by atoms with van der Waals surface area (Å²) in [4.78, 5) is 17.7. The van der Waals surface area contributed by atoms with E-state index in [1.165, 1.54) is 35.2 Å². The van der Waals surface area contributed by atoms with Gasteiger partial charge in [0.25, 0.3) is 5.56 Å². The molecule has 0 N–H and O–H groups in total. The van der Waals surface area contributed by atoms with Crippen LogP contribution in [0.1, 0.15) is 5.56 Å². The molecule has 0 fully saturated rings. The first-order chi connectivity index (χ1) is 13.0. The Kier molecular flexibility index (Phi) is 5.36. The van der Waals surface area contributed by atoms with Crippen LogP contribution in [0.4, 0.5) is 4.39 Å². The van der Waals surface area contributed by atoms with Crippen LogP contribution < -0.4 is 5.56 Å². The number of aromatic nitrogens is 2. The Bertz CT molecular complexity index is 1190. The van der Waals surface area contributed by atoms with E-state index in [1.807, 2.05) is 35.7 Å². The first-order valence-corrected chi connectivity index (χ1v) is 10.9. The molecule has 136 valence electrons. The average Bonchev–Trinajstić information content (AvgIpc) is 3.11. The maximum absolute atomic E-state index is 13.3. The van der Waals surface area contributed by atoms with Crippen molar-refractivity contribution in [2.45, 2.75) is 10.9 Å². The van der Waals surface area contributed by atoms with Gasteiger partial charge in [0.1, 0.15) is 10.5 Å². The van der Waals surface area contributed by atoms with E-state index >= 15 is 0 Å². The summed E-state index contributed by atoms with van der Waals surface area (Å²) >= 11 is 12.3. The van der Waals surface area contributed by atoms with Crippen molar-refractivity contribution in [1.82, 2.24) is 9.55 Å². The molecule has 0 spiro atoms. The van der Waals surface area contributed by atoms with Gasteiger partial charge in [-0.25, -0.2) is 9.37 Å². The smallest absolute Gasteiger partial charge is 0.267 e. The number of rotatable bonds is 4. The predicted octanol–water partition coefficient (Wildman–Crippen LogP) is 6.29. The van der Waals surface area contributed by atoms with Gasteiger partial charge in [-0.3, -0.25) is 9.36 Å². The summed E-state index contributed by atoms with van der Waals surface area (Å²) in [6.07, 6.45) is 0. The van der Waals surface area contributed by atoms with Crippen LogP contribution in [0, 0.1) is 5.82 Å². The molecule has 0 atom stereocenters. The Morgan fingerprint density at radius 1 is 1.19 bits per heavy atom. The van der Waals surface area contributed by atoms with Crippen LogP contribution in [0.25, 0.3) is 15.9 Å². The monoisotopic (exact) mass is 480 g/mol.